The fourth-order valence-electron chi connectivity index (χ4n) is 1.46. The number of carboxylic acids is 1. The molecule has 1 heterocycles. The number of nitrogens with one attached hydrogen (secondary N) is 1. The molecule has 7 heteroatoms. The molecule has 1 aromatic rings. The molecule has 0 saturated heterocycles. The van der Waals surface area contributed by atoms with E-state index in [-0.39, 0.29) is 10.6 Å². The van der Waals surface area contributed by atoms with Gasteiger partial charge in [-0.15, -0.1) is 0 Å². The van der Waals surface area contributed by atoms with Gasteiger partial charge in [0.1, 0.15) is 5.82 Å². The summed E-state index contributed by atoms with van der Waals surface area (Å²) >= 11 is 5.96. The second-order valence-corrected chi connectivity index (χ2v) is 4.43. The predicted octanol–water partition coefficient (Wildman–Crippen LogP) is 1.42. The normalized spacial score (nSPS) is 10.7. The van der Waals surface area contributed by atoms with E-state index in [0.29, 0.717) is 19.0 Å². The van der Waals surface area contributed by atoms with E-state index < -0.39 is 5.97 Å². The first-order valence-corrected chi connectivity index (χ1v) is 6.23. The number of anilines is 1. The molecule has 1 rings (SSSR count). The van der Waals surface area contributed by atoms with Crippen LogP contribution in [0, 0.1) is 0 Å². The molecule has 0 bridgehead atoms. The SMILES string of the molecule is COCCN(C)CCNc1nccc(C(=O)O)c1Cl. The number of aromatic nitrogens is 1. The summed E-state index contributed by atoms with van der Waals surface area (Å²) in [4.78, 5) is 17.0. The standard InChI is InChI=1S/C12H18ClN3O3/c1-16(7-8-19-2)6-5-15-11-10(13)9(12(17)18)3-4-14-11/h3-4H,5-8H2,1-2H3,(H,14,15)(H,17,18). The zero-order valence-electron chi connectivity index (χ0n) is 11.0. The van der Waals surface area contributed by atoms with Crippen molar-refractivity contribution in [3.05, 3.63) is 22.8 Å². The molecule has 0 unspecified atom stereocenters. The number of aromatic carboxylic acids is 1. The maximum Gasteiger partial charge on any atom is 0.337 e. The van der Waals surface area contributed by atoms with Crippen LogP contribution >= 0.6 is 11.6 Å². The Labute approximate surface area is 117 Å². The molecule has 0 aliphatic rings. The minimum Gasteiger partial charge on any atom is -0.478 e. The predicted molar refractivity (Wildman–Crippen MR) is 74.1 cm³/mol. The molecule has 0 saturated carbocycles. The van der Waals surface area contributed by atoms with Crippen LogP contribution in [0.2, 0.25) is 5.02 Å². The number of hydrogen-bond donors (Lipinski definition) is 2. The summed E-state index contributed by atoms with van der Waals surface area (Å²) in [6.07, 6.45) is 1.42. The minimum atomic E-state index is -1.06. The molecule has 0 aromatic carbocycles. The first-order chi connectivity index (χ1) is 9.06. The van der Waals surface area contributed by atoms with Crippen molar-refractivity contribution in [2.45, 2.75) is 0 Å². The maximum absolute atomic E-state index is 10.9. The number of carboxylic acid groups (broad SMARTS) is 1. The smallest absolute Gasteiger partial charge is 0.337 e. The van der Waals surface area contributed by atoms with Crippen LogP contribution in [0.15, 0.2) is 12.3 Å². The summed E-state index contributed by atoms with van der Waals surface area (Å²) in [7, 11) is 3.64. The van der Waals surface area contributed by atoms with Crippen LogP contribution in [0.25, 0.3) is 0 Å². The molecule has 6 nitrogen and oxygen atoms in total. The van der Waals surface area contributed by atoms with Gasteiger partial charge in [-0.3, -0.25) is 0 Å². The molecule has 0 amide bonds. The third-order valence-electron chi connectivity index (χ3n) is 2.58. The number of rotatable bonds is 8. The lowest BCUT2D eigenvalue weighted by molar-refractivity contribution is 0.0697. The summed E-state index contributed by atoms with van der Waals surface area (Å²) in [6.45, 7) is 2.90. The molecule has 2 N–H and O–H groups in total. The fourth-order valence-corrected chi connectivity index (χ4v) is 1.72. The fraction of sp³-hybridized carbons (Fsp3) is 0.500. The molecule has 1 aromatic heterocycles. The highest BCUT2D eigenvalue weighted by Gasteiger charge is 2.12. The molecule has 0 radical (unpaired) electrons. The second-order valence-electron chi connectivity index (χ2n) is 4.05. The van der Waals surface area contributed by atoms with E-state index in [4.69, 9.17) is 21.4 Å². The Morgan fingerprint density at radius 2 is 2.32 bits per heavy atom. The van der Waals surface area contributed by atoms with Crippen molar-refractivity contribution in [2.24, 2.45) is 0 Å². The van der Waals surface area contributed by atoms with Crippen LogP contribution in [-0.2, 0) is 4.74 Å². The Kier molecular flexibility index (Phi) is 6.55. The Morgan fingerprint density at radius 3 is 2.95 bits per heavy atom. The number of carbonyl (C=O) groups is 1. The average Bonchev–Trinajstić information content (AvgIpc) is 2.38. The van der Waals surface area contributed by atoms with Crippen LogP contribution in [0.3, 0.4) is 0 Å². The highest BCUT2D eigenvalue weighted by atomic mass is 35.5. The topological polar surface area (TPSA) is 74.7 Å². The van der Waals surface area contributed by atoms with Gasteiger partial charge in [-0.1, -0.05) is 11.6 Å². The molecule has 0 aliphatic heterocycles. The van der Waals surface area contributed by atoms with Gasteiger partial charge in [-0.25, -0.2) is 9.78 Å². The van der Waals surface area contributed by atoms with E-state index in [1.54, 1.807) is 7.11 Å². The van der Waals surface area contributed by atoms with Crippen LogP contribution in [0.4, 0.5) is 5.82 Å². The minimum absolute atomic E-state index is 0.0481. The highest BCUT2D eigenvalue weighted by molar-refractivity contribution is 6.35. The molecule has 0 atom stereocenters. The van der Waals surface area contributed by atoms with E-state index in [1.165, 1.54) is 12.3 Å². The van der Waals surface area contributed by atoms with Gasteiger partial charge in [0, 0.05) is 32.9 Å². The molecule has 0 fully saturated rings. The number of nitrogens with zero attached hydrogens (tertiary/aromatic N) is 2. The third kappa shape index (κ3) is 5.02. The van der Waals surface area contributed by atoms with Crippen LogP contribution in [0.1, 0.15) is 10.4 Å². The maximum atomic E-state index is 10.9. The van der Waals surface area contributed by atoms with Gasteiger partial charge in [0.2, 0.25) is 0 Å². The van der Waals surface area contributed by atoms with Crippen molar-refractivity contribution >= 4 is 23.4 Å². The summed E-state index contributed by atoms with van der Waals surface area (Å²) in [5.74, 6) is -0.672. The molecular formula is C12H18ClN3O3. The molecule has 0 aliphatic carbocycles. The first kappa shape index (κ1) is 15.7. The first-order valence-electron chi connectivity index (χ1n) is 5.85. The van der Waals surface area contributed by atoms with Gasteiger partial charge >= 0.3 is 5.97 Å². The van der Waals surface area contributed by atoms with E-state index >= 15 is 0 Å². The van der Waals surface area contributed by atoms with E-state index in [0.717, 1.165) is 13.1 Å². The third-order valence-corrected chi connectivity index (χ3v) is 2.97. The average molecular weight is 288 g/mol. The quantitative estimate of drug-likeness (QED) is 0.753. The van der Waals surface area contributed by atoms with Crippen molar-refractivity contribution < 1.29 is 14.6 Å². The lowest BCUT2D eigenvalue weighted by Gasteiger charge is -2.16. The number of halogens is 1. The van der Waals surface area contributed by atoms with Gasteiger partial charge < -0.3 is 20.1 Å². The van der Waals surface area contributed by atoms with Gasteiger partial charge in [0.25, 0.3) is 0 Å². The number of hydrogen-bond acceptors (Lipinski definition) is 5. The Bertz CT molecular complexity index is 429. The monoisotopic (exact) mass is 287 g/mol. The number of pyridine rings is 1. The van der Waals surface area contributed by atoms with Gasteiger partial charge in [-0.2, -0.15) is 0 Å². The Balaban J connectivity index is 2.50. The molecule has 19 heavy (non-hydrogen) atoms. The van der Waals surface area contributed by atoms with E-state index in [1.807, 2.05) is 7.05 Å². The number of methoxy groups -OCH3 is 1. The van der Waals surface area contributed by atoms with E-state index in [2.05, 4.69) is 15.2 Å². The van der Waals surface area contributed by atoms with Crippen LogP contribution in [0.5, 0.6) is 0 Å². The second kappa shape index (κ2) is 7.93. The Morgan fingerprint density at radius 1 is 1.58 bits per heavy atom. The van der Waals surface area contributed by atoms with Gasteiger partial charge in [0.15, 0.2) is 0 Å². The summed E-state index contributed by atoms with van der Waals surface area (Å²) in [6, 6.07) is 1.38. The highest BCUT2D eigenvalue weighted by Crippen LogP contribution is 2.23. The summed E-state index contributed by atoms with van der Waals surface area (Å²) in [5, 5.41) is 12.1. The van der Waals surface area contributed by atoms with Crippen molar-refractivity contribution in [3.8, 4) is 0 Å². The Hall–Kier alpha value is -1.37. The van der Waals surface area contributed by atoms with Gasteiger partial charge in [-0.05, 0) is 13.1 Å². The van der Waals surface area contributed by atoms with Crippen LogP contribution < -0.4 is 5.32 Å². The van der Waals surface area contributed by atoms with Crippen molar-refractivity contribution in [2.75, 3.05) is 45.7 Å². The van der Waals surface area contributed by atoms with Gasteiger partial charge in [0.05, 0.1) is 17.2 Å². The van der Waals surface area contributed by atoms with Crippen LogP contribution in [-0.4, -0.2) is 61.4 Å². The van der Waals surface area contributed by atoms with Crippen molar-refractivity contribution in [3.63, 3.8) is 0 Å². The molecular weight excluding hydrogens is 270 g/mol. The van der Waals surface area contributed by atoms with E-state index in [9.17, 15) is 4.79 Å². The van der Waals surface area contributed by atoms with Crippen molar-refractivity contribution in [1.29, 1.82) is 0 Å². The number of likely N-dealkylation sites (N-methyl/N-ethyl adjacent to an activating group) is 1. The lowest BCUT2D eigenvalue weighted by atomic mass is 10.2. The zero-order chi connectivity index (χ0) is 14.3. The molecule has 106 valence electrons. The lowest BCUT2D eigenvalue weighted by Crippen LogP contribution is -2.28. The molecule has 0 spiro atoms. The summed E-state index contributed by atoms with van der Waals surface area (Å²) in [5.41, 5.74) is 0.0481. The van der Waals surface area contributed by atoms with Crippen molar-refractivity contribution in [1.82, 2.24) is 9.88 Å². The number of ether oxygens (including phenoxy) is 1. The zero-order valence-corrected chi connectivity index (χ0v) is 11.8. The summed E-state index contributed by atoms with van der Waals surface area (Å²) < 4.78 is 4.98. The largest absolute Gasteiger partial charge is 0.478 e.